The molecule has 0 aliphatic heterocycles. The Morgan fingerprint density at radius 1 is 1.00 bits per heavy atom. The first kappa shape index (κ1) is 13.7. The van der Waals surface area contributed by atoms with E-state index in [-0.39, 0.29) is 16.5 Å². The van der Waals surface area contributed by atoms with Gasteiger partial charge in [0, 0.05) is 14.9 Å². The number of benzene rings is 2. The molecule has 2 rings (SSSR count). The fraction of sp³-hybridized carbons (Fsp3) is 0.143. The molecule has 0 fully saturated rings. The van der Waals surface area contributed by atoms with Crippen LogP contribution in [-0.4, -0.2) is 0 Å². The monoisotopic (exact) mass is 374 g/mol. The smallest absolute Gasteiger partial charge is 0.128 e. The lowest BCUT2D eigenvalue weighted by molar-refractivity contribution is 0.594. The molecule has 94 valence electrons. The van der Waals surface area contributed by atoms with E-state index in [0.29, 0.717) is 22.0 Å². The predicted octanol–water partition coefficient (Wildman–Crippen LogP) is 5.41. The second-order valence-electron chi connectivity index (χ2n) is 3.93. The van der Waals surface area contributed by atoms with Crippen LogP contribution in [0.5, 0.6) is 0 Å². The van der Waals surface area contributed by atoms with Crippen LogP contribution in [0.2, 0.25) is 0 Å². The summed E-state index contributed by atoms with van der Waals surface area (Å²) in [4.78, 5) is -0.248. The first-order valence-electron chi connectivity index (χ1n) is 5.40. The minimum atomic E-state index is -0.303. The van der Waals surface area contributed by atoms with E-state index in [1.165, 1.54) is 12.1 Å². The van der Waals surface area contributed by atoms with Gasteiger partial charge in [0.1, 0.15) is 11.6 Å². The minimum absolute atomic E-state index is 0.248. The normalized spacial score (nSPS) is 12.4. The Hall–Kier alpha value is -0.740. The zero-order valence-corrected chi connectivity index (χ0v) is 12.5. The Morgan fingerprint density at radius 3 is 2.39 bits per heavy atom. The molecule has 1 unspecified atom stereocenters. The molecule has 2 aromatic rings. The lowest BCUT2D eigenvalue weighted by atomic mass is 10.0. The van der Waals surface area contributed by atoms with Gasteiger partial charge in [-0.15, -0.1) is 0 Å². The SMILES string of the molecule is Fc1ccccc1CC(Br)c1ccc(Br)cc1F. The molecule has 0 radical (unpaired) electrons. The van der Waals surface area contributed by atoms with Crippen LogP contribution in [0.4, 0.5) is 8.78 Å². The molecule has 0 spiro atoms. The Kier molecular flexibility index (Phi) is 4.51. The third-order valence-corrected chi connectivity index (χ3v) is 3.97. The first-order valence-corrected chi connectivity index (χ1v) is 7.11. The third-order valence-electron chi connectivity index (χ3n) is 2.66. The maximum Gasteiger partial charge on any atom is 0.128 e. The van der Waals surface area contributed by atoms with E-state index in [0.717, 1.165) is 0 Å². The van der Waals surface area contributed by atoms with Crippen LogP contribution >= 0.6 is 31.9 Å². The van der Waals surface area contributed by atoms with Crippen molar-refractivity contribution in [3.63, 3.8) is 0 Å². The van der Waals surface area contributed by atoms with Crippen molar-refractivity contribution in [3.05, 3.63) is 69.7 Å². The van der Waals surface area contributed by atoms with Crippen molar-refractivity contribution < 1.29 is 8.78 Å². The van der Waals surface area contributed by atoms with Gasteiger partial charge >= 0.3 is 0 Å². The molecule has 2 aromatic carbocycles. The maximum absolute atomic E-state index is 13.8. The van der Waals surface area contributed by atoms with Crippen molar-refractivity contribution in [1.29, 1.82) is 0 Å². The molecule has 0 amide bonds. The first-order chi connectivity index (χ1) is 8.58. The average Bonchev–Trinajstić information content (AvgIpc) is 2.32. The van der Waals surface area contributed by atoms with Crippen LogP contribution in [0.15, 0.2) is 46.9 Å². The average molecular weight is 376 g/mol. The number of halogens is 4. The molecule has 0 N–H and O–H groups in total. The summed E-state index contributed by atoms with van der Waals surface area (Å²) in [6, 6.07) is 11.4. The quantitative estimate of drug-likeness (QED) is 0.629. The molecule has 1 atom stereocenters. The lowest BCUT2D eigenvalue weighted by Gasteiger charge is -2.12. The van der Waals surface area contributed by atoms with Gasteiger partial charge in [0.05, 0.1) is 0 Å². The van der Waals surface area contributed by atoms with Gasteiger partial charge in [0.25, 0.3) is 0 Å². The molecule has 0 saturated carbocycles. The summed E-state index contributed by atoms with van der Waals surface area (Å²) < 4.78 is 27.9. The number of hydrogen-bond acceptors (Lipinski definition) is 0. The van der Waals surface area contributed by atoms with E-state index in [9.17, 15) is 8.78 Å². The summed E-state index contributed by atoms with van der Waals surface area (Å²) in [5.41, 5.74) is 1.10. The highest BCUT2D eigenvalue weighted by molar-refractivity contribution is 9.10. The Bertz CT molecular complexity index is 555. The van der Waals surface area contributed by atoms with Gasteiger partial charge in [-0.05, 0) is 30.2 Å². The molecule has 0 heterocycles. The van der Waals surface area contributed by atoms with Crippen LogP contribution < -0.4 is 0 Å². The van der Waals surface area contributed by atoms with Gasteiger partial charge in [-0.2, -0.15) is 0 Å². The summed E-state index contributed by atoms with van der Waals surface area (Å²) in [6.45, 7) is 0. The summed E-state index contributed by atoms with van der Waals surface area (Å²) in [5.74, 6) is -0.568. The summed E-state index contributed by atoms with van der Waals surface area (Å²) in [7, 11) is 0. The Morgan fingerprint density at radius 2 is 1.72 bits per heavy atom. The summed E-state index contributed by atoms with van der Waals surface area (Å²) in [6.07, 6.45) is 0.408. The minimum Gasteiger partial charge on any atom is -0.207 e. The highest BCUT2D eigenvalue weighted by Gasteiger charge is 2.15. The van der Waals surface area contributed by atoms with Gasteiger partial charge in [-0.3, -0.25) is 0 Å². The highest BCUT2D eigenvalue weighted by atomic mass is 79.9. The molecular weight excluding hydrogens is 366 g/mol. The van der Waals surface area contributed by atoms with Crippen molar-refractivity contribution >= 4 is 31.9 Å². The molecule has 0 aliphatic carbocycles. The van der Waals surface area contributed by atoms with Crippen molar-refractivity contribution in [2.45, 2.75) is 11.2 Å². The molecule has 0 bridgehead atoms. The van der Waals surface area contributed by atoms with E-state index >= 15 is 0 Å². The van der Waals surface area contributed by atoms with Crippen molar-refractivity contribution in [3.8, 4) is 0 Å². The third kappa shape index (κ3) is 3.18. The Labute approximate surface area is 121 Å². The molecule has 0 nitrogen and oxygen atoms in total. The van der Waals surface area contributed by atoms with Crippen LogP contribution in [-0.2, 0) is 6.42 Å². The molecule has 0 saturated heterocycles. The zero-order valence-electron chi connectivity index (χ0n) is 9.34. The van der Waals surface area contributed by atoms with Gasteiger partial charge in [-0.25, -0.2) is 8.78 Å². The largest absolute Gasteiger partial charge is 0.207 e. The van der Waals surface area contributed by atoms with Gasteiger partial charge < -0.3 is 0 Å². The fourth-order valence-electron chi connectivity index (χ4n) is 1.72. The van der Waals surface area contributed by atoms with Gasteiger partial charge in [0.2, 0.25) is 0 Å². The molecule has 18 heavy (non-hydrogen) atoms. The molecule has 0 aliphatic rings. The second-order valence-corrected chi connectivity index (χ2v) is 5.95. The van der Waals surface area contributed by atoms with E-state index in [4.69, 9.17) is 0 Å². The number of hydrogen-bond donors (Lipinski definition) is 0. The van der Waals surface area contributed by atoms with E-state index in [1.54, 1.807) is 30.3 Å². The maximum atomic E-state index is 13.8. The van der Waals surface area contributed by atoms with Crippen molar-refractivity contribution in [2.24, 2.45) is 0 Å². The Balaban J connectivity index is 2.22. The molecular formula is C14H10Br2F2. The molecule has 4 heteroatoms. The topological polar surface area (TPSA) is 0 Å². The van der Waals surface area contributed by atoms with Crippen LogP contribution in [0.3, 0.4) is 0 Å². The lowest BCUT2D eigenvalue weighted by Crippen LogP contribution is -2.00. The summed E-state index contributed by atoms with van der Waals surface area (Å²) >= 11 is 6.62. The second kappa shape index (κ2) is 5.93. The van der Waals surface area contributed by atoms with Gasteiger partial charge in [-0.1, -0.05) is 56.1 Å². The summed E-state index contributed by atoms with van der Waals surface area (Å²) in [5, 5.41) is 0. The van der Waals surface area contributed by atoms with Crippen molar-refractivity contribution in [2.75, 3.05) is 0 Å². The standard InChI is InChI=1S/C14H10Br2F2/c15-10-5-6-11(14(18)8-10)12(16)7-9-3-1-2-4-13(9)17/h1-6,8,12H,7H2. The number of rotatable bonds is 3. The predicted molar refractivity (Wildman–Crippen MR) is 75.9 cm³/mol. The van der Waals surface area contributed by atoms with Crippen LogP contribution in [0, 0.1) is 11.6 Å². The fourth-order valence-corrected chi connectivity index (χ4v) is 2.78. The van der Waals surface area contributed by atoms with E-state index in [1.807, 2.05) is 0 Å². The highest BCUT2D eigenvalue weighted by Crippen LogP contribution is 2.31. The van der Waals surface area contributed by atoms with Crippen LogP contribution in [0.1, 0.15) is 16.0 Å². The van der Waals surface area contributed by atoms with Crippen LogP contribution in [0.25, 0.3) is 0 Å². The zero-order chi connectivity index (χ0) is 13.1. The number of alkyl halides is 1. The van der Waals surface area contributed by atoms with E-state index < -0.39 is 0 Å². The van der Waals surface area contributed by atoms with E-state index in [2.05, 4.69) is 31.9 Å². The van der Waals surface area contributed by atoms with Gasteiger partial charge in [0.15, 0.2) is 0 Å². The molecule has 0 aromatic heterocycles. The van der Waals surface area contributed by atoms with Crippen molar-refractivity contribution in [1.82, 2.24) is 0 Å².